The van der Waals surface area contributed by atoms with E-state index in [4.69, 9.17) is 11.2 Å². The minimum Gasteiger partial charge on any atom is -0.389 e. The van der Waals surface area contributed by atoms with Crippen LogP contribution in [0.15, 0.2) is 30.3 Å². The Morgan fingerprint density at radius 3 is 2.74 bits per heavy atom. The van der Waals surface area contributed by atoms with Gasteiger partial charge in [-0.2, -0.15) is 0 Å². The van der Waals surface area contributed by atoms with Gasteiger partial charge in [0.25, 0.3) is 0 Å². The van der Waals surface area contributed by atoms with Crippen molar-refractivity contribution in [1.29, 1.82) is 0 Å². The van der Waals surface area contributed by atoms with E-state index in [1.54, 1.807) is 0 Å². The fourth-order valence-electron chi connectivity index (χ4n) is 2.00. The van der Waals surface area contributed by atoms with Crippen LogP contribution in [-0.2, 0) is 11.3 Å². The van der Waals surface area contributed by atoms with Crippen LogP contribution < -0.4 is 0 Å². The fraction of sp³-hybridized carbons (Fsp3) is 0.500. The molecule has 0 aromatic heterocycles. The lowest BCUT2D eigenvalue weighted by Crippen LogP contribution is -2.35. The van der Waals surface area contributed by atoms with Gasteiger partial charge in [-0.3, -0.25) is 4.90 Å². The van der Waals surface area contributed by atoms with E-state index in [1.807, 2.05) is 18.2 Å². The van der Waals surface area contributed by atoms with E-state index >= 15 is 0 Å². The Bertz CT molecular complexity index is 372. The summed E-state index contributed by atoms with van der Waals surface area (Å²) in [7, 11) is 0. The van der Waals surface area contributed by atoms with Crippen molar-refractivity contribution in [3.05, 3.63) is 35.9 Å². The minimum atomic E-state index is -0.497. The highest BCUT2D eigenvalue weighted by molar-refractivity contribution is 5.14. The molecule has 1 N–H and O–H groups in total. The average molecular weight is 261 g/mol. The Morgan fingerprint density at radius 1 is 1.37 bits per heavy atom. The number of aliphatic hydroxyl groups excluding tert-OH is 1. The maximum Gasteiger partial charge on any atom is 0.107 e. The molecule has 3 heteroatoms. The van der Waals surface area contributed by atoms with Gasteiger partial charge in [-0.15, -0.1) is 6.42 Å². The lowest BCUT2D eigenvalue weighted by atomic mass is 10.2. The van der Waals surface area contributed by atoms with E-state index in [0.29, 0.717) is 13.2 Å². The quantitative estimate of drug-likeness (QED) is 0.544. The fourth-order valence-corrected chi connectivity index (χ4v) is 2.00. The third kappa shape index (κ3) is 6.97. The van der Waals surface area contributed by atoms with Crippen molar-refractivity contribution in [2.45, 2.75) is 26.0 Å². The van der Waals surface area contributed by atoms with Crippen LogP contribution in [0.1, 0.15) is 18.9 Å². The van der Waals surface area contributed by atoms with Crippen molar-refractivity contribution >= 4 is 0 Å². The van der Waals surface area contributed by atoms with Crippen molar-refractivity contribution in [2.24, 2.45) is 0 Å². The summed E-state index contributed by atoms with van der Waals surface area (Å²) >= 11 is 0. The van der Waals surface area contributed by atoms with E-state index < -0.39 is 6.10 Å². The van der Waals surface area contributed by atoms with Crippen LogP contribution in [0, 0.1) is 12.3 Å². The predicted molar refractivity (Wildman–Crippen MR) is 77.7 cm³/mol. The Balaban J connectivity index is 2.41. The molecule has 1 aromatic rings. The molecule has 1 aromatic carbocycles. The number of aliphatic hydroxyl groups is 1. The molecule has 0 saturated heterocycles. The van der Waals surface area contributed by atoms with Crippen LogP contribution in [0.4, 0.5) is 0 Å². The zero-order valence-electron chi connectivity index (χ0n) is 11.6. The zero-order valence-corrected chi connectivity index (χ0v) is 11.6. The minimum absolute atomic E-state index is 0.253. The molecule has 0 heterocycles. The second-order valence-corrected chi connectivity index (χ2v) is 4.59. The van der Waals surface area contributed by atoms with Gasteiger partial charge in [0, 0.05) is 13.1 Å². The van der Waals surface area contributed by atoms with Gasteiger partial charge in [0.05, 0.1) is 12.7 Å². The van der Waals surface area contributed by atoms with Crippen molar-refractivity contribution in [1.82, 2.24) is 4.90 Å². The van der Waals surface area contributed by atoms with E-state index in [0.717, 1.165) is 19.5 Å². The number of terminal acetylenes is 1. The highest BCUT2D eigenvalue weighted by atomic mass is 16.5. The first-order chi connectivity index (χ1) is 9.26. The first-order valence-corrected chi connectivity index (χ1v) is 6.71. The molecular weight excluding hydrogens is 238 g/mol. The van der Waals surface area contributed by atoms with Crippen LogP contribution in [0.2, 0.25) is 0 Å². The number of rotatable bonds is 9. The molecule has 104 valence electrons. The lowest BCUT2D eigenvalue weighted by molar-refractivity contribution is 0.0261. The van der Waals surface area contributed by atoms with Crippen LogP contribution >= 0.6 is 0 Å². The second-order valence-electron chi connectivity index (χ2n) is 4.59. The van der Waals surface area contributed by atoms with E-state index in [1.165, 1.54) is 5.56 Å². The number of hydrogen-bond acceptors (Lipinski definition) is 3. The van der Waals surface area contributed by atoms with E-state index in [2.05, 4.69) is 29.9 Å². The molecule has 0 aliphatic rings. The van der Waals surface area contributed by atoms with E-state index in [9.17, 15) is 5.11 Å². The molecule has 0 fully saturated rings. The maximum atomic E-state index is 9.92. The smallest absolute Gasteiger partial charge is 0.107 e. The van der Waals surface area contributed by atoms with Crippen molar-refractivity contribution in [3.63, 3.8) is 0 Å². The molecule has 0 radical (unpaired) electrons. The van der Waals surface area contributed by atoms with Gasteiger partial charge < -0.3 is 9.84 Å². The van der Waals surface area contributed by atoms with Crippen LogP contribution in [-0.4, -0.2) is 42.4 Å². The zero-order chi connectivity index (χ0) is 13.9. The Morgan fingerprint density at radius 2 is 2.11 bits per heavy atom. The van der Waals surface area contributed by atoms with Gasteiger partial charge in [-0.25, -0.2) is 0 Å². The second kappa shape index (κ2) is 9.57. The lowest BCUT2D eigenvalue weighted by Gasteiger charge is -2.24. The normalized spacial score (nSPS) is 12.3. The van der Waals surface area contributed by atoms with Gasteiger partial charge in [0.15, 0.2) is 0 Å². The third-order valence-corrected chi connectivity index (χ3v) is 2.75. The molecule has 0 bridgehead atoms. The molecule has 1 unspecified atom stereocenters. The third-order valence-electron chi connectivity index (χ3n) is 2.75. The van der Waals surface area contributed by atoms with Gasteiger partial charge in [-0.05, 0) is 18.5 Å². The Hall–Kier alpha value is -1.34. The van der Waals surface area contributed by atoms with Crippen molar-refractivity contribution in [2.75, 3.05) is 26.3 Å². The SMILES string of the molecule is C#CCOCC(O)CN(CCC)Cc1ccccc1. The van der Waals surface area contributed by atoms with Crippen LogP contribution in [0.5, 0.6) is 0 Å². The summed E-state index contributed by atoms with van der Waals surface area (Å²) in [4.78, 5) is 2.24. The largest absolute Gasteiger partial charge is 0.389 e. The first kappa shape index (κ1) is 15.7. The summed E-state index contributed by atoms with van der Waals surface area (Å²) in [5.74, 6) is 2.39. The van der Waals surface area contributed by atoms with Gasteiger partial charge in [-0.1, -0.05) is 43.2 Å². The van der Waals surface area contributed by atoms with Crippen molar-refractivity contribution < 1.29 is 9.84 Å². The standard InChI is InChI=1S/C16H23NO2/c1-3-10-17(12-15-8-6-5-7-9-15)13-16(18)14-19-11-4-2/h2,5-9,16,18H,3,10-14H2,1H3. The summed E-state index contributed by atoms with van der Waals surface area (Å²) in [6, 6.07) is 10.3. The van der Waals surface area contributed by atoms with Gasteiger partial charge in [0.2, 0.25) is 0 Å². The summed E-state index contributed by atoms with van der Waals surface area (Å²) < 4.78 is 5.16. The van der Waals surface area contributed by atoms with Crippen LogP contribution in [0.3, 0.4) is 0 Å². The molecule has 3 nitrogen and oxygen atoms in total. The van der Waals surface area contributed by atoms with Gasteiger partial charge >= 0.3 is 0 Å². The summed E-state index contributed by atoms with van der Waals surface area (Å²) in [5, 5.41) is 9.92. The Kier molecular flexibility index (Phi) is 7.92. The monoisotopic (exact) mass is 261 g/mol. The molecule has 0 aliphatic heterocycles. The number of nitrogens with zero attached hydrogens (tertiary/aromatic N) is 1. The molecule has 19 heavy (non-hydrogen) atoms. The molecule has 0 amide bonds. The average Bonchev–Trinajstić information content (AvgIpc) is 2.40. The first-order valence-electron chi connectivity index (χ1n) is 6.71. The highest BCUT2D eigenvalue weighted by Crippen LogP contribution is 2.06. The summed E-state index contributed by atoms with van der Waals surface area (Å²) in [6.07, 6.45) is 5.66. The molecule has 0 saturated carbocycles. The molecule has 0 spiro atoms. The maximum absolute atomic E-state index is 9.92. The predicted octanol–water partition coefficient (Wildman–Crippen LogP) is 1.91. The number of hydrogen-bond donors (Lipinski definition) is 1. The number of ether oxygens (including phenoxy) is 1. The topological polar surface area (TPSA) is 32.7 Å². The van der Waals surface area contributed by atoms with Crippen molar-refractivity contribution in [3.8, 4) is 12.3 Å². The van der Waals surface area contributed by atoms with Gasteiger partial charge in [0.1, 0.15) is 6.61 Å². The van der Waals surface area contributed by atoms with E-state index in [-0.39, 0.29) is 6.61 Å². The summed E-state index contributed by atoms with van der Waals surface area (Å²) in [6.45, 7) is 5.09. The molecular formula is C16H23NO2. The number of benzene rings is 1. The highest BCUT2D eigenvalue weighted by Gasteiger charge is 2.11. The Labute approximate surface area is 116 Å². The molecule has 1 atom stereocenters. The summed E-state index contributed by atoms with van der Waals surface area (Å²) in [5.41, 5.74) is 1.26. The molecule has 1 rings (SSSR count). The van der Waals surface area contributed by atoms with Crippen LogP contribution in [0.25, 0.3) is 0 Å². The molecule has 0 aliphatic carbocycles.